The van der Waals surface area contributed by atoms with Gasteiger partial charge in [0.1, 0.15) is 0 Å². The van der Waals surface area contributed by atoms with Gasteiger partial charge in [-0.3, -0.25) is 14.2 Å². The fourth-order valence-electron chi connectivity index (χ4n) is 2.88. The van der Waals surface area contributed by atoms with E-state index in [0.717, 1.165) is 16.4 Å². The van der Waals surface area contributed by atoms with Gasteiger partial charge in [0, 0.05) is 29.2 Å². The highest BCUT2D eigenvalue weighted by Gasteiger charge is 2.21. The zero-order valence-corrected chi connectivity index (χ0v) is 19.3. The van der Waals surface area contributed by atoms with Crippen molar-refractivity contribution in [3.05, 3.63) is 66.0 Å². The van der Waals surface area contributed by atoms with Crippen LogP contribution in [0.1, 0.15) is 31.9 Å². The van der Waals surface area contributed by atoms with E-state index in [9.17, 15) is 9.59 Å². The first kappa shape index (κ1) is 22.6. The second-order valence-electron chi connectivity index (χ2n) is 8.49. The molecule has 2 aromatic carbocycles. The fraction of sp³-hybridized carbons (Fsp3) is 0.292. The van der Waals surface area contributed by atoms with E-state index in [1.165, 1.54) is 17.3 Å². The Morgan fingerprint density at radius 3 is 2.45 bits per heavy atom. The predicted molar refractivity (Wildman–Crippen MR) is 127 cm³/mol. The molecule has 2 N–H and O–H groups in total. The predicted octanol–water partition coefficient (Wildman–Crippen LogP) is 5.20. The Balaban J connectivity index is 1.63. The van der Waals surface area contributed by atoms with E-state index >= 15 is 0 Å². The Kier molecular flexibility index (Phi) is 6.85. The molecule has 3 rings (SSSR count). The van der Waals surface area contributed by atoms with E-state index in [1.54, 1.807) is 30.5 Å². The number of carbonyl (C=O) groups excluding carboxylic acids is 2. The van der Waals surface area contributed by atoms with E-state index in [4.69, 9.17) is 0 Å². The molecule has 0 bridgehead atoms. The SMILES string of the molecule is Cc1ccc(C)c(-n2ccnc2SCC(=O)Nc2cccc(NC(=O)C(C)(C)C)c2)c1. The van der Waals surface area contributed by atoms with Crippen molar-refractivity contribution < 1.29 is 9.59 Å². The Morgan fingerprint density at radius 1 is 1.03 bits per heavy atom. The van der Waals surface area contributed by atoms with Crippen molar-refractivity contribution in [1.82, 2.24) is 9.55 Å². The summed E-state index contributed by atoms with van der Waals surface area (Å²) in [5, 5.41) is 6.52. The minimum atomic E-state index is -0.493. The number of nitrogens with one attached hydrogen (secondary N) is 2. The molecule has 0 aliphatic rings. The van der Waals surface area contributed by atoms with Gasteiger partial charge in [-0.1, -0.05) is 50.7 Å². The molecule has 3 aromatic rings. The topological polar surface area (TPSA) is 76.0 Å². The lowest BCUT2D eigenvalue weighted by Crippen LogP contribution is -2.27. The molecular formula is C24H28N4O2S. The molecule has 0 fully saturated rings. The number of aromatic nitrogens is 2. The van der Waals surface area contributed by atoms with Crippen LogP contribution in [0.3, 0.4) is 0 Å². The average molecular weight is 437 g/mol. The third-order valence-corrected chi connectivity index (χ3v) is 5.62. The maximum Gasteiger partial charge on any atom is 0.234 e. The largest absolute Gasteiger partial charge is 0.326 e. The summed E-state index contributed by atoms with van der Waals surface area (Å²) in [5.41, 5.74) is 4.16. The lowest BCUT2D eigenvalue weighted by Gasteiger charge is -2.18. The van der Waals surface area contributed by atoms with Crippen LogP contribution in [0.15, 0.2) is 60.0 Å². The quantitative estimate of drug-likeness (QED) is 0.521. The van der Waals surface area contributed by atoms with E-state index < -0.39 is 5.41 Å². The van der Waals surface area contributed by atoms with E-state index in [-0.39, 0.29) is 17.6 Å². The van der Waals surface area contributed by atoms with Crippen molar-refractivity contribution in [3.63, 3.8) is 0 Å². The summed E-state index contributed by atoms with van der Waals surface area (Å²) in [6.45, 7) is 9.67. The second-order valence-corrected chi connectivity index (χ2v) is 9.43. The van der Waals surface area contributed by atoms with E-state index in [2.05, 4.69) is 47.7 Å². The smallest absolute Gasteiger partial charge is 0.234 e. The molecule has 2 amide bonds. The van der Waals surface area contributed by atoms with Gasteiger partial charge in [-0.25, -0.2) is 4.98 Å². The number of nitrogens with zero attached hydrogens (tertiary/aromatic N) is 2. The number of hydrogen-bond donors (Lipinski definition) is 2. The molecule has 1 aromatic heterocycles. The van der Waals surface area contributed by atoms with Gasteiger partial charge in [0.15, 0.2) is 5.16 Å². The fourth-order valence-corrected chi connectivity index (χ4v) is 3.65. The average Bonchev–Trinajstić information content (AvgIpc) is 3.16. The molecular weight excluding hydrogens is 408 g/mol. The van der Waals surface area contributed by atoms with Gasteiger partial charge in [0.05, 0.1) is 11.4 Å². The highest BCUT2D eigenvalue weighted by atomic mass is 32.2. The Morgan fingerprint density at radius 2 is 1.74 bits per heavy atom. The highest BCUT2D eigenvalue weighted by molar-refractivity contribution is 7.99. The molecule has 31 heavy (non-hydrogen) atoms. The Labute approximate surface area is 187 Å². The van der Waals surface area contributed by atoms with Gasteiger partial charge in [-0.15, -0.1) is 0 Å². The highest BCUT2D eigenvalue weighted by Crippen LogP contribution is 2.24. The van der Waals surface area contributed by atoms with Crippen LogP contribution in [0.5, 0.6) is 0 Å². The molecule has 0 saturated carbocycles. The number of anilines is 2. The summed E-state index contributed by atoms with van der Waals surface area (Å²) < 4.78 is 2.00. The van der Waals surface area contributed by atoms with E-state index in [1.807, 2.05) is 31.5 Å². The summed E-state index contributed by atoms with van der Waals surface area (Å²) >= 11 is 1.38. The van der Waals surface area contributed by atoms with Crippen LogP contribution in [-0.2, 0) is 9.59 Å². The third-order valence-electron chi connectivity index (χ3n) is 4.65. The summed E-state index contributed by atoms with van der Waals surface area (Å²) in [7, 11) is 0. The van der Waals surface area contributed by atoms with Gasteiger partial charge in [0.2, 0.25) is 11.8 Å². The molecule has 0 radical (unpaired) electrons. The van der Waals surface area contributed by atoms with Crippen LogP contribution in [0.4, 0.5) is 11.4 Å². The van der Waals surface area contributed by atoms with E-state index in [0.29, 0.717) is 11.4 Å². The van der Waals surface area contributed by atoms with Gasteiger partial charge in [-0.05, 0) is 49.2 Å². The van der Waals surface area contributed by atoms with Crippen LogP contribution in [0, 0.1) is 19.3 Å². The zero-order valence-electron chi connectivity index (χ0n) is 18.5. The van der Waals surface area contributed by atoms with Crippen molar-refractivity contribution in [2.24, 2.45) is 5.41 Å². The van der Waals surface area contributed by atoms with Crippen molar-refractivity contribution in [3.8, 4) is 5.69 Å². The van der Waals surface area contributed by atoms with Gasteiger partial charge in [-0.2, -0.15) is 0 Å². The number of carbonyl (C=O) groups is 2. The van der Waals surface area contributed by atoms with Gasteiger partial charge in [0.25, 0.3) is 0 Å². The minimum Gasteiger partial charge on any atom is -0.326 e. The molecule has 0 aliphatic carbocycles. The lowest BCUT2D eigenvalue weighted by atomic mass is 9.95. The number of rotatable bonds is 6. The normalized spacial score (nSPS) is 11.3. The molecule has 0 spiro atoms. The van der Waals surface area contributed by atoms with Crippen LogP contribution >= 0.6 is 11.8 Å². The molecule has 162 valence electrons. The monoisotopic (exact) mass is 436 g/mol. The molecule has 0 atom stereocenters. The second kappa shape index (κ2) is 9.39. The number of benzene rings is 2. The summed E-state index contributed by atoms with van der Waals surface area (Å²) in [4.78, 5) is 29.1. The summed E-state index contributed by atoms with van der Waals surface area (Å²) in [6, 6.07) is 13.4. The maximum atomic E-state index is 12.5. The third kappa shape index (κ3) is 5.98. The number of aryl methyl sites for hydroxylation is 2. The first-order valence-corrected chi connectivity index (χ1v) is 11.1. The molecule has 7 heteroatoms. The molecule has 1 heterocycles. The number of thioether (sulfide) groups is 1. The molecule has 0 unspecified atom stereocenters. The lowest BCUT2D eigenvalue weighted by molar-refractivity contribution is -0.123. The number of imidazole rings is 1. The summed E-state index contributed by atoms with van der Waals surface area (Å²) in [6.07, 6.45) is 3.65. The van der Waals surface area contributed by atoms with Crippen LogP contribution in [0.25, 0.3) is 5.69 Å². The molecule has 0 aliphatic heterocycles. The Bertz CT molecular complexity index is 1100. The van der Waals surface area contributed by atoms with Crippen LogP contribution < -0.4 is 10.6 Å². The summed E-state index contributed by atoms with van der Waals surface area (Å²) in [5.74, 6) is 0.00473. The first-order valence-electron chi connectivity index (χ1n) is 10.1. The zero-order chi connectivity index (χ0) is 22.6. The van der Waals surface area contributed by atoms with Crippen molar-refractivity contribution in [1.29, 1.82) is 0 Å². The first-order chi connectivity index (χ1) is 14.6. The maximum absolute atomic E-state index is 12.5. The minimum absolute atomic E-state index is 0.0789. The van der Waals surface area contributed by atoms with Crippen molar-refractivity contribution in [2.75, 3.05) is 16.4 Å². The Hall–Kier alpha value is -3.06. The number of hydrogen-bond acceptors (Lipinski definition) is 4. The van der Waals surface area contributed by atoms with Crippen molar-refractivity contribution in [2.45, 2.75) is 39.8 Å². The van der Waals surface area contributed by atoms with Gasteiger partial charge >= 0.3 is 0 Å². The standard InChI is InChI=1S/C24H28N4O2S/c1-16-9-10-17(2)20(13-16)28-12-11-25-23(28)31-15-21(29)26-18-7-6-8-19(14-18)27-22(30)24(3,4)5/h6-14H,15H2,1-5H3,(H,26,29)(H,27,30). The molecule has 0 saturated heterocycles. The number of amides is 2. The molecule has 6 nitrogen and oxygen atoms in total. The van der Waals surface area contributed by atoms with Crippen molar-refractivity contribution >= 4 is 35.0 Å². The van der Waals surface area contributed by atoms with Crippen LogP contribution in [-0.4, -0.2) is 27.1 Å². The van der Waals surface area contributed by atoms with Gasteiger partial charge < -0.3 is 10.6 Å². The van der Waals surface area contributed by atoms with Crippen LogP contribution in [0.2, 0.25) is 0 Å².